The lowest BCUT2D eigenvalue weighted by Gasteiger charge is -2.32. The molecule has 9 heteroatoms. The number of halogens is 1. The Balaban J connectivity index is 2.46. The summed E-state index contributed by atoms with van der Waals surface area (Å²) in [5.74, 6) is -0.984. The predicted molar refractivity (Wildman–Crippen MR) is 85.1 cm³/mol. The molecule has 1 heterocycles. The van der Waals surface area contributed by atoms with Crippen LogP contribution in [-0.4, -0.2) is 29.2 Å². The lowest BCUT2D eigenvalue weighted by Crippen LogP contribution is -2.41. The van der Waals surface area contributed by atoms with Gasteiger partial charge in [0.25, 0.3) is 0 Å². The van der Waals surface area contributed by atoms with Crippen molar-refractivity contribution in [3.05, 3.63) is 27.3 Å². The van der Waals surface area contributed by atoms with Gasteiger partial charge in [-0.05, 0) is 39.2 Å². The van der Waals surface area contributed by atoms with Gasteiger partial charge in [0.15, 0.2) is 0 Å². The molecule has 7 nitrogen and oxygen atoms in total. The summed E-state index contributed by atoms with van der Waals surface area (Å²) in [5, 5.41) is 11.2. The van der Waals surface area contributed by atoms with Gasteiger partial charge in [-0.2, -0.15) is 0 Å². The molecule has 1 aromatic rings. The van der Waals surface area contributed by atoms with E-state index in [-0.39, 0.29) is 10.8 Å². The Hall–Kier alpha value is -1.64. The molecular formula is C14H17BClNO6. The van der Waals surface area contributed by atoms with Crippen LogP contribution in [0.25, 0.3) is 0 Å². The van der Waals surface area contributed by atoms with E-state index in [1.54, 1.807) is 0 Å². The molecule has 1 aliphatic rings. The van der Waals surface area contributed by atoms with Crippen LogP contribution >= 0.6 is 11.6 Å². The third kappa shape index (κ3) is 3.34. The van der Waals surface area contributed by atoms with Crippen molar-refractivity contribution in [2.45, 2.75) is 45.8 Å². The fourth-order valence-corrected chi connectivity index (χ4v) is 2.36. The molecule has 1 aromatic carbocycles. The molecule has 0 radical (unpaired) electrons. The van der Waals surface area contributed by atoms with Crippen molar-refractivity contribution in [3.8, 4) is 5.75 Å². The third-order valence-corrected chi connectivity index (χ3v) is 4.29. The van der Waals surface area contributed by atoms with Gasteiger partial charge in [-0.3, -0.25) is 14.9 Å². The Morgan fingerprint density at radius 2 is 1.78 bits per heavy atom. The maximum Gasteiger partial charge on any atom is 0.495 e. The van der Waals surface area contributed by atoms with Gasteiger partial charge >= 0.3 is 18.8 Å². The summed E-state index contributed by atoms with van der Waals surface area (Å²) in [6, 6.07) is 2.68. The molecule has 0 aromatic heterocycles. The minimum absolute atomic E-state index is 0.0564. The molecular weight excluding hydrogens is 324 g/mol. The number of esters is 1. The van der Waals surface area contributed by atoms with Crippen LogP contribution in [0.4, 0.5) is 5.69 Å². The summed E-state index contributed by atoms with van der Waals surface area (Å²) in [6.07, 6.45) is 0. The molecule has 0 N–H and O–H groups in total. The van der Waals surface area contributed by atoms with Crippen molar-refractivity contribution in [2.24, 2.45) is 0 Å². The molecule has 2 rings (SSSR count). The molecule has 1 saturated heterocycles. The first-order chi connectivity index (χ1) is 10.4. The Bertz CT molecular complexity index is 659. The van der Waals surface area contributed by atoms with Crippen LogP contribution < -0.4 is 10.2 Å². The molecule has 0 spiro atoms. The van der Waals surface area contributed by atoms with E-state index < -0.39 is 34.9 Å². The first kappa shape index (κ1) is 17.7. The highest BCUT2D eigenvalue weighted by Crippen LogP contribution is 2.39. The molecule has 0 unspecified atom stereocenters. The largest absolute Gasteiger partial charge is 0.495 e. The maximum atomic E-state index is 11.3. The second-order valence-electron chi connectivity index (χ2n) is 6.29. The van der Waals surface area contributed by atoms with Crippen LogP contribution in [0.15, 0.2) is 12.1 Å². The van der Waals surface area contributed by atoms with Crippen LogP contribution in [0.1, 0.15) is 34.6 Å². The highest BCUT2D eigenvalue weighted by molar-refractivity contribution is 6.62. The Kier molecular flexibility index (Phi) is 4.45. The summed E-state index contributed by atoms with van der Waals surface area (Å²) in [7, 11) is -0.803. The van der Waals surface area contributed by atoms with Crippen molar-refractivity contribution >= 4 is 35.8 Å². The minimum atomic E-state index is -0.803. The number of nitro benzene ring substituents is 1. The van der Waals surface area contributed by atoms with E-state index in [4.69, 9.17) is 25.6 Å². The van der Waals surface area contributed by atoms with E-state index in [0.717, 1.165) is 6.92 Å². The second kappa shape index (κ2) is 5.77. The average Bonchev–Trinajstić information content (AvgIpc) is 2.59. The molecule has 0 aliphatic carbocycles. The molecule has 0 amide bonds. The van der Waals surface area contributed by atoms with Gasteiger partial charge in [-0.1, -0.05) is 11.6 Å². The van der Waals surface area contributed by atoms with Gasteiger partial charge in [0.05, 0.1) is 21.1 Å². The predicted octanol–water partition coefficient (Wildman–Crippen LogP) is 2.47. The van der Waals surface area contributed by atoms with E-state index in [1.165, 1.54) is 12.1 Å². The highest BCUT2D eigenvalue weighted by atomic mass is 35.5. The standard InChI is InChI=1S/C14H17BClNO6/c1-8(18)21-12-10(16)6-9(7-11(12)17(19)20)15-22-13(2,3)14(4,5)23-15/h6-7H,1-5H3. The molecule has 0 atom stereocenters. The second-order valence-corrected chi connectivity index (χ2v) is 6.70. The minimum Gasteiger partial charge on any atom is -0.418 e. The average molecular weight is 342 g/mol. The van der Waals surface area contributed by atoms with Crippen LogP contribution in [0.2, 0.25) is 5.02 Å². The first-order valence-corrected chi connectivity index (χ1v) is 7.34. The summed E-state index contributed by atoms with van der Waals surface area (Å²) >= 11 is 6.05. The Morgan fingerprint density at radius 1 is 1.26 bits per heavy atom. The van der Waals surface area contributed by atoms with Crippen molar-refractivity contribution < 1.29 is 23.8 Å². The summed E-state index contributed by atoms with van der Waals surface area (Å²) in [5.41, 5.74) is -1.21. The number of nitro groups is 1. The van der Waals surface area contributed by atoms with Crippen LogP contribution in [0, 0.1) is 10.1 Å². The van der Waals surface area contributed by atoms with Gasteiger partial charge in [0.2, 0.25) is 5.75 Å². The quantitative estimate of drug-likeness (QED) is 0.276. The van der Waals surface area contributed by atoms with Crippen molar-refractivity contribution in [2.75, 3.05) is 0 Å². The Labute approximate surface area is 139 Å². The number of nitrogens with zero attached hydrogens (tertiary/aromatic N) is 1. The highest BCUT2D eigenvalue weighted by Gasteiger charge is 2.52. The van der Waals surface area contributed by atoms with Crippen LogP contribution in [-0.2, 0) is 14.1 Å². The van der Waals surface area contributed by atoms with E-state index in [0.29, 0.717) is 5.46 Å². The number of carbonyl (C=O) groups is 1. The molecule has 124 valence electrons. The van der Waals surface area contributed by atoms with Gasteiger partial charge in [0, 0.05) is 13.0 Å². The zero-order valence-electron chi connectivity index (χ0n) is 13.5. The van der Waals surface area contributed by atoms with E-state index in [1.807, 2.05) is 27.7 Å². The van der Waals surface area contributed by atoms with Crippen molar-refractivity contribution in [1.82, 2.24) is 0 Å². The molecule has 0 bridgehead atoms. The van der Waals surface area contributed by atoms with Gasteiger partial charge in [0.1, 0.15) is 0 Å². The number of ether oxygens (including phenoxy) is 1. The lowest BCUT2D eigenvalue weighted by molar-refractivity contribution is -0.385. The molecule has 1 fully saturated rings. The summed E-state index contributed by atoms with van der Waals surface area (Å²) in [4.78, 5) is 21.7. The zero-order chi connectivity index (χ0) is 17.6. The number of hydrogen-bond donors (Lipinski definition) is 0. The molecule has 0 saturated carbocycles. The first-order valence-electron chi connectivity index (χ1n) is 6.96. The van der Waals surface area contributed by atoms with E-state index in [2.05, 4.69) is 0 Å². The van der Waals surface area contributed by atoms with Gasteiger partial charge in [-0.25, -0.2) is 0 Å². The fourth-order valence-electron chi connectivity index (χ4n) is 2.09. The number of benzene rings is 1. The summed E-state index contributed by atoms with van der Waals surface area (Å²) < 4.78 is 16.5. The topological polar surface area (TPSA) is 87.9 Å². The fraction of sp³-hybridized carbons (Fsp3) is 0.500. The summed E-state index contributed by atoms with van der Waals surface area (Å²) in [6.45, 7) is 8.63. The van der Waals surface area contributed by atoms with Crippen LogP contribution in [0.3, 0.4) is 0 Å². The van der Waals surface area contributed by atoms with E-state index >= 15 is 0 Å². The number of rotatable bonds is 3. The Morgan fingerprint density at radius 3 is 2.22 bits per heavy atom. The molecule has 1 aliphatic heterocycles. The SMILES string of the molecule is CC(=O)Oc1c(Cl)cc(B2OC(C)(C)C(C)(C)O2)cc1[N+](=O)[O-]. The van der Waals surface area contributed by atoms with Crippen LogP contribution in [0.5, 0.6) is 5.75 Å². The zero-order valence-corrected chi connectivity index (χ0v) is 14.3. The normalized spacial score (nSPS) is 18.8. The smallest absolute Gasteiger partial charge is 0.418 e. The molecule has 23 heavy (non-hydrogen) atoms. The number of hydrogen-bond acceptors (Lipinski definition) is 6. The maximum absolute atomic E-state index is 11.3. The van der Waals surface area contributed by atoms with Crippen molar-refractivity contribution in [3.63, 3.8) is 0 Å². The van der Waals surface area contributed by atoms with Crippen molar-refractivity contribution in [1.29, 1.82) is 0 Å². The monoisotopic (exact) mass is 341 g/mol. The van der Waals surface area contributed by atoms with E-state index in [9.17, 15) is 14.9 Å². The van der Waals surface area contributed by atoms with Gasteiger partial charge in [-0.15, -0.1) is 0 Å². The third-order valence-electron chi connectivity index (χ3n) is 4.01. The van der Waals surface area contributed by atoms with Gasteiger partial charge < -0.3 is 14.0 Å². The number of carbonyl (C=O) groups excluding carboxylic acids is 1. The lowest BCUT2D eigenvalue weighted by atomic mass is 9.79.